The maximum absolute atomic E-state index is 12.6. The predicted molar refractivity (Wildman–Crippen MR) is 97.2 cm³/mol. The molecule has 0 radical (unpaired) electrons. The number of piperazine rings is 1. The Morgan fingerprint density at radius 1 is 1.35 bits per heavy atom. The zero-order chi connectivity index (χ0) is 16.4. The van der Waals surface area contributed by atoms with E-state index in [1.807, 2.05) is 17.9 Å². The number of thiazole rings is 1. The SMILES string of the molecule is Cc1csc(CN2CCN(C(=O)c3cc(Br)ccc3Cl)CC2)n1. The smallest absolute Gasteiger partial charge is 0.255 e. The zero-order valence-corrected chi connectivity index (χ0v) is 15.9. The average molecular weight is 415 g/mol. The summed E-state index contributed by atoms with van der Waals surface area (Å²) in [6.07, 6.45) is 0. The third-order valence-corrected chi connectivity index (χ3v) is 5.62. The molecule has 1 saturated heterocycles. The molecule has 0 spiro atoms. The number of carbonyl (C=O) groups excluding carboxylic acids is 1. The van der Waals surface area contributed by atoms with Crippen LogP contribution >= 0.6 is 38.9 Å². The normalized spacial score (nSPS) is 15.9. The summed E-state index contributed by atoms with van der Waals surface area (Å²) in [6.45, 7) is 6.01. The van der Waals surface area contributed by atoms with Crippen molar-refractivity contribution in [3.05, 3.63) is 49.3 Å². The van der Waals surface area contributed by atoms with E-state index in [1.54, 1.807) is 23.5 Å². The summed E-state index contributed by atoms with van der Waals surface area (Å²) >= 11 is 11.3. The minimum atomic E-state index is 0.000966. The number of benzene rings is 1. The van der Waals surface area contributed by atoms with Gasteiger partial charge in [-0.1, -0.05) is 27.5 Å². The molecular weight excluding hydrogens is 398 g/mol. The molecule has 1 aromatic heterocycles. The molecule has 7 heteroatoms. The van der Waals surface area contributed by atoms with Gasteiger partial charge in [0.15, 0.2) is 0 Å². The molecule has 122 valence electrons. The second-order valence-electron chi connectivity index (χ2n) is 5.58. The van der Waals surface area contributed by atoms with Gasteiger partial charge in [0.05, 0.1) is 17.1 Å². The minimum Gasteiger partial charge on any atom is -0.336 e. The summed E-state index contributed by atoms with van der Waals surface area (Å²) in [6, 6.07) is 5.38. The average Bonchev–Trinajstić information content (AvgIpc) is 2.95. The number of halogens is 2. The first kappa shape index (κ1) is 16.9. The highest BCUT2D eigenvalue weighted by Crippen LogP contribution is 2.23. The van der Waals surface area contributed by atoms with E-state index >= 15 is 0 Å². The maximum atomic E-state index is 12.6. The van der Waals surface area contributed by atoms with E-state index in [0.29, 0.717) is 23.7 Å². The van der Waals surface area contributed by atoms with E-state index < -0.39 is 0 Å². The summed E-state index contributed by atoms with van der Waals surface area (Å²) in [5, 5.41) is 3.71. The van der Waals surface area contributed by atoms with Crippen molar-refractivity contribution < 1.29 is 4.79 Å². The van der Waals surface area contributed by atoms with Crippen molar-refractivity contribution in [3.63, 3.8) is 0 Å². The Balaban J connectivity index is 1.60. The fourth-order valence-corrected chi connectivity index (χ4v) is 3.98. The molecule has 23 heavy (non-hydrogen) atoms. The monoisotopic (exact) mass is 413 g/mol. The largest absolute Gasteiger partial charge is 0.336 e. The molecule has 4 nitrogen and oxygen atoms in total. The predicted octanol–water partition coefficient (Wildman–Crippen LogP) is 3.83. The highest BCUT2D eigenvalue weighted by atomic mass is 79.9. The number of aromatic nitrogens is 1. The molecule has 0 N–H and O–H groups in total. The molecule has 1 fully saturated rings. The lowest BCUT2D eigenvalue weighted by atomic mass is 10.2. The van der Waals surface area contributed by atoms with Crippen LogP contribution in [0.2, 0.25) is 5.02 Å². The first-order valence-corrected chi connectivity index (χ1v) is 9.45. The van der Waals surface area contributed by atoms with Gasteiger partial charge >= 0.3 is 0 Å². The van der Waals surface area contributed by atoms with E-state index in [-0.39, 0.29) is 5.91 Å². The van der Waals surface area contributed by atoms with Crippen molar-refractivity contribution in [2.24, 2.45) is 0 Å². The fourth-order valence-electron chi connectivity index (χ4n) is 2.61. The molecule has 2 heterocycles. The van der Waals surface area contributed by atoms with Gasteiger partial charge in [-0.25, -0.2) is 4.98 Å². The van der Waals surface area contributed by atoms with Crippen molar-refractivity contribution >= 4 is 44.8 Å². The van der Waals surface area contributed by atoms with E-state index in [1.165, 1.54) is 0 Å². The highest BCUT2D eigenvalue weighted by Gasteiger charge is 2.24. The van der Waals surface area contributed by atoms with Gasteiger partial charge in [0.2, 0.25) is 0 Å². The number of carbonyl (C=O) groups is 1. The van der Waals surface area contributed by atoms with Crippen LogP contribution in [-0.2, 0) is 6.54 Å². The summed E-state index contributed by atoms with van der Waals surface area (Å²) in [5.74, 6) is 0.000966. The van der Waals surface area contributed by atoms with E-state index in [4.69, 9.17) is 11.6 Å². The van der Waals surface area contributed by atoms with Crippen LogP contribution < -0.4 is 0 Å². The third kappa shape index (κ3) is 4.12. The molecule has 3 rings (SSSR count). The molecule has 0 bridgehead atoms. The van der Waals surface area contributed by atoms with Gasteiger partial charge in [-0.15, -0.1) is 11.3 Å². The number of hydrogen-bond donors (Lipinski definition) is 0. The summed E-state index contributed by atoms with van der Waals surface area (Å²) in [7, 11) is 0. The second-order valence-corrected chi connectivity index (χ2v) is 7.84. The standard InChI is InChI=1S/C16H17BrClN3OS/c1-11-10-23-15(19-11)9-20-4-6-21(7-5-20)16(22)13-8-12(17)2-3-14(13)18/h2-3,8,10H,4-7,9H2,1H3. The van der Waals surface area contributed by atoms with Gasteiger partial charge in [-0.05, 0) is 25.1 Å². The van der Waals surface area contributed by atoms with Crippen LogP contribution in [0.4, 0.5) is 0 Å². The van der Waals surface area contributed by atoms with Crippen molar-refractivity contribution in [3.8, 4) is 0 Å². The fraction of sp³-hybridized carbons (Fsp3) is 0.375. The molecule has 1 aromatic carbocycles. The molecule has 1 aliphatic heterocycles. The lowest BCUT2D eigenvalue weighted by Gasteiger charge is -2.34. The molecule has 0 unspecified atom stereocenters. The van der Waals surface area contributed by atoms with Gasteiger partial charge in [0.25, 0.3) is 5.91 Å². The van der Waals surface area contributed by atoms with E-state index in [0.717, 1.165) is 34.8 Å². The number of aryl methyl sites for hydroxylation is 1. The van der Waals surface area contributed by atoms with Crippen molar-refractivity contribution in [1.29, 1.82) is 0 Å². The first-order valence-electron chi connectivity index (χ1n) is 7.40. The van der Waals surface area contributed by atoms with Gasteiger partial charge in [0.1, 0.15) is 5.01 Å². The van der Waals surface area contributed by atoms with Crippen LogP contribution in [0.1, 0.15) is 21.1 Å². The molecule has 1 amide bonds. The Bertz CT molecular complexity index is 713. The van der Waals surface area contributed by atoms with E-state index in [9.17, 15) is 4.79 Å². The van der Waals surface area contributed by atoms with Crippen molar-refractivity contribution in [2.45, 2.75) is 13.5 Å². The molecule has 0 aliphatic carbocycles. The van der Waals surface area contributed by atoms with Crippen LogP contribution in [-0.4, -0.2) is 46.9 Å². The van der Waals surface area contributed by atoms with Gasteiger partial charge in [-0.3, -0.25) is 9.69 Å². The van der Waals surface area contributed by atoms with Crippen molar-refractivity contribution in [2.75, 3.05) is 26.2 Å². The summed E-state index contributed by atoms with van der Waals surface area (Å²) in [4.78, 5) is 21.3. The maximum Gasteiger partial charge on any atom is 0.255 e. The quantitative estimate of drug-likeness (QED) is 0.766. The van der Waals surface area contributed by atoms with Gasteiger partial charge < -0.3 is 4.90 Å². The van der Waals surface area contributed by atoms with Gasteiger partial charge in [-0.2, -0.15) is 0 Å². The molecule has 0 saturated carbocycles. The number of hydrogen-bond acceptors (Lipinski definition) is 4. The minimum absolute atomic E-state index is 0.000966. The van der Waals surface area contributed by atoms with Crippen LogP contribution in [0.5, 0.6) is 0 Å². The van der Waals surface area contributed by atoms with Crippen LogP contribution in [0, 0.1) is 6.92 Å². The molecule has 0 atom stereocenters. The van der Waals surface area contributed by atoms with Crippen LogP contribution in [0.15, 0.2) is 28.1 Å². The molecular formula is C16H17BrClN3OS. The van der Waals surface area contributed by atoms with Crippen LogP contribution in [0.3, 0.4) is 0 Å². The lowest BCUT2D eigenvalue weighted by molar-refractivity contribution is 0.0628. The Morgan fingerprint density at radius 3 is 2.74 bits per heavy atom. The second kappa shape index (κ2) is 7.30. The number of amides is 1. The Kier molecular flexibility index (Phi) is 5.36. The Labute approximate surface area is 153 Å². The number of nitrogens with zero attached hydrogens (tertiary/aromatic N) is 3. The first-order chi connectivity index (χ1) is 11.0. The van der Waals surface area contributed by atoms with Crippen LogP contribution in [0.25, 0.3) is 0 Å². The molecule has 1 aliphatic rings. The third-order valence-electron chi connectivity index (χ3n) is 3.84. The van der Waals surface area contributed by atoms with E-state index in [2.05, 4.69) is 31.2 Å². The number of rotatable bonds is 3. The Morgan fingerprint density at radius 2 is 2.09 bits per heavy atom. The summed E-state index contributed by atoms with van der Waals surface area (Å²) < 4.78 is 0.864. The summed E-state index contributed by atoms with van der Waals surface area (Å²) in [5.41, 5.74) is 1.63. The Hall–Kier alpha value is -0.950. The van der Waals surface area contributed by atoms with Crippen molar-refractivity contribution in [1.82, 2.24) is 14.8 Å². The highest BCUT2D eigenvalue weighted by molar-refractivity contribution is 9.10. The van der Waals surface area contributed by atoms with Gasteiger partial charge in [0, 0.05) is 41.7 Å². The molecule has 2 aromatic rings. The topological polar surface area (TPSA) is 36.4 Å². The zero-order valence-electron chi connectivity index (χ0n) is 12.8. The lowest BCUT2D eigenvalue weighted by Crippen LogP contribution is -2.48.